The first-order valence-electron chi connectivity index (χ1n) is 17.7. The highest BCUT2D eigenvalue weighted by atomic mass is 16.5. The SMILES string of the molecule is COc1ccc(N(c2ccc(CO)cc2)c2cc(CO)c(Cc3c(OC)cc(N(c4ccc(OC)cc4)c4ccc(OC)cc4)cc3OC)c(CO)c2)cc1. The van der Waals surface area contributed by atoms with Gasteiger partial charge in [0.1, 0.15) is 28.7 Å². The summed E-state index contributed by atoms with van der Waals surface area (Å²) in [5, 5.41) is 31.4. The quantitative estimate of drug-likeness (QED) is 0.0890. The number of ether oxygens (including phenoxy) is 5. The molecule has 6 rings (SSSR count). The van der Waals surface area contributed by atoms with Crippen molar-refractivity contribution in [3.63, 3.8) is 0 Å². The molecule has 0 aliphatic rings. The van der Waals surface area contributed by atoms with Crippen molar-refractivity contribution >= 4 is 34.1 Å². The molecule has 0 saturated heterocycles. The molecule has 0 radical (unpaired) electrons. The number of aliphatic hydroxyl groups excluding tert-OH is 3. The van der Waals surface area contributed by atoms with Crippen LogP contribution in [0.5, 0.6) is 28.7 Å². The van der Waals surface area contributed by atoms with Gasteiger partial charge in [-0.1, -0.05) is 12.1 Å². The van der Waals surface area contributed by atoms with Crippen LogP contribution in [-0.2, 0) is 26.2 Å². The molecule has 55 heavy (non-hydrogen) atoms. The first-order valence-corrected chi connectivity index (χ1v) is 17.7. The van der Waals surface area contributed by atoms with E-state index in [0.717, 1.165) is 62.3 Å². The molecule has 6 aromatic rings. The number of benzene rings is 6. The molecule has 0 atom stereocenters. The Labute approximate surface area is 321 Å². The van der Waals surface area contributed by atoms with Crippen molar-refractivity contribution in [3.8, 4) is 28.7 Å². The van der Waals surface area contributed by atoms with Crippen molar-refractivity contribution in [1.82, 2.24) is 0 Å². The van der Waals surface area contributed by atoms with E-state index in [0.29, 0.717) is 34.8 Å². The van der Waals surface area contributed by atoms with Gasteiger partial charge >= 0.3 is 0 Å². The average molecular weight is 743 g/mol. The van der Waals surface area contributed by atoms with Crippen LogP contribution in [0.1, 0.15) is 27.8 Å². The Morgan fingerprint density at radius 1 is 0.382 bits per heavy atom. The Hall–Kier alpha value is -6.20. The minimum atomic E-state index is -0.276. The topological polar surface area (TPSA) is 113 Å². The lowest BCUT2D eigenvalue weighted by Crippen LogP contribution is -2.13. The summed E-state index contributed by atoms with van der Waals surface area (Å²) in [5.74, 6) is 3.33. The highest BCUT2D eigenvalue weighted by Crippen LogP contribution is 2.44. The van der Waals surface area contributed by atoms with E-state index in [9.17, 15) is 15.3 Å². The smallest absolute Gasteiger partial charge is 0.128 e. The van der Waals surface area contributed by atoms with Crippen LogP contribution >= 0.6 is 0 Å². The van der Waals surface area contributed by atoms with Gasteiger partial charge in [0.2, 0.25) is 0 Å². The summed E-state index contributed by atoms with van der Waals surface area (Å²) in [5.41, 5.74) is 8.54. The molecule has 0 aliphatic heterocycles. The van der Waals surface area contributed by atoms with Crippen LogP contribution < -0.4 is 33.5 Å². The number of rotatable bonds is 16. The summed E-state index contributed by atoms with van der Waals surface area (Å²) in [6, 6.07) is 38.6. The Bertz CT molecular complexity index is 1870. The van der Waals surface area contributed by atoms with Crippen LogP contribution in [0.15, 0.2) is 121 Å². The molecule has 6 aromatic carbocycles. The van der Waals surface area contributed by atoms with Gasteiger partial charge in [0.15, 0.2) is 0 Å². The monoisotopic (exact) mass is 742 g/mol. The van der Waals surface area contributed by atoms with Crippen molar-refractivity contribution < 1.29 is 39.0 Å². The van der Waals surface area contributed by atoms with Crippen LogP contribution in [0.25, 0.3) is 0 Å². The second-order valence-electron chi connectivity index (χ2n) is 12.7. The molecular formula is C45H46N2O8. The molecule has 3 N–H and O–H groups in total. The van der Waals surface area contributed by atoms with Gasteiger partial charge in [-0.25, -0.2) is 0 Å². The highest BCUT2D eigenvalue weighted by Gasteiger charge is 2.23. The summed E-state index contributed by atoms with van der Waals surface area (Å²) in [6.07, 6.45) is 0.303. The highest BCUT2D eigenvalue weighted by molar-refractivity contribution is 5.80. The van der Waals surface area contributed by atoms with E-state index in [1.807, 2.05) is 126 Å². The van der Waals surface area contributed by atoms with E-state index < -0.39 is 0 Å². The average Bonchev–Trinajstić information content (AvgIpc) is 3.25. The molecule has 284 valence electrons. The van der Waals surface area contributed by atoms with E-state index in [1.165, 1.54) is 0 Å². The molecular weight excluding hydrogens is 697 g/mol. The van der Waals surface area contributed by atoms with Crippen LogP contribution in [0.4, 0.5) is 34.1 Å². The van der Waals surface area contributed by atoms with Crippen LogP contribution in [0.2, 0.25) is 0 Å². The fraction of sp³-hybridized carbons (Fsp3) is 0.200. The van der Waals surface area contributed by atoms with Gasteiger partial charge in [-0.2, -0.15) is 0 Å². The predicted octanol–water partition coefficient (Wildman–Crippen LogP) is 8.74. The Balaban J connectivity index is 1.45. The molecule has 0 aromatic heterocycles. The minimum Gasteiger partial charge on any atom is -0.497 e. The van der Waals surface area contributed by atoms with Crippen LogP contribution in [0, 0.1) is 0 Å². The van der Waals surface area contributed by atoms with E-state index in [2.05, 4.69) is 4.90 Å². The lowest BCUT2D eigenvalue weighted by Gasteiger charge is -2.29. The second kappa shape index (κ2) is 17.7. The molecule has 0 fully saturated rings. The third-order valence-corrected chi connectivity index (χ3v) is 9.59. The zero-order valence-corrected chi connectivity index (χ0v) is 31.7. The summed E-state index contributed by atoms with van der Waals surface area (Å²) in [4.78, 5) is 4.12. The summed E-state index contributed by atoms with van der Waals surface area (Å²) < 4.78 is 28.4. The van der Waals surface area contributed by atoms with Crippen LogP contribution in [-0.4, -0.2) is 50.9 Å². The number of aliphatic hydroxyl groups is 3. The number of anilines is 6. The molecule has 0 bridgehead atoms. The molecule has 0 saturated carbocycles. The van der Waals surface area contributed by atoms with Crippen molar-refractivity contribution in [2.45, 2.75) is 26.2 Å². The third kappa shape index (κ3) is 8.32. The Morgan fingerprint density at radius 3 is 1.04 bits per heavy atom. The van der Waals surface area contributed by atoms with E-state index in [4.69, 9.17) is 23.7 Å². The van der Waals surface area contributed by atoms with Gasteiger partial charge in [0, 0.05) is 52.6 Å². The van der Waals surface area contributed by atoms with Gasteiger partial charge in [-0.05, 0) is 119 Å². The molecule has 10 nitrogen and oxygen atoms in total. The Morgan fingerprint density at radius 2 is 0.727 bits per heavy atom. The summed E-state index contributed by atoms with van der Waals surface area (Å²) >= 11 is 0. The fourth-order valence-corrected chi connectivity index (χ4v) is 6.71. The molecule has 0 aliphatic carbocycles. The third-order valence-electron chi connectivity index (χ3n) is 9.59. The van der Waals surface area contributed by atoms with Gasteiger partial charge in [0.05, 0.1) is 61.1 Å². The molecule has 0 unspecified atom stereocenters. The van der Waals surface area contributed by atoms with Gasteiger partial charge < -0.3 is 48.8 Å². The fourth-order valence-electron chi connectivity index (χ4n) is 6.71. The maximum absolute atomic E-state index is 10.9. The zero-order chi connectivity index (χ0) is 38.9. The van der Waals surface area contributed by atoms with E-state index in [-0.39, 0.29) is 19.8 Å². The first-order chi connectivity index (χ1) is 26.9. The standard InChI is InChI=1S/C45H46N2O8/c1-51-39-16-10-34(11-17-39)46(33-8-6-30(27-48)7-9-33)37-22-31(28-49)42(32(23-37)29-50)26-43-44(54-4)24-38(25-45(43)55-5)47(35-12-18-40(52-2)19-13-35)36-14-20-41(53-3)21-15-36/h6-25,48-50H,26-29H2,1-5H3. The first kappa shape index (κ1) is 38.5. The van der Waals surface area contributed by atoms with Crippen molar-refractivity contribution in [3.05, 3.63) is 149 Å². The number of nitrogens with zero attached hydrogens (tertiary/aromatic N) is 2. The van der Waals surface area contributed by atoms with Gasteiger partial charge in [-0.3, -0.25) is 0 Å². The molecule has 10 heteroatoms. The van der Waals surface area contributed by atoms with Crippen molar-refractivity contribution in [1.29, 1.82) is 0 Å². The number of hydrogen-bond donors (Lipinski definition) is 3. The van der Waals surface area contributed by atoms with Gasteiger partial charge in [-0.15, -0.1) is 0 Å². The zero-order valence-electron chi connectivity index (χ0n) is 31.7. The predicted molar refractivity (Wildman–Crippen MR) is 216 cm³/mol. The summed E-state index contributed by atoms with van der Waals surface area (Å²) in [6.45, 7) is -0.626. The van der Waals surface area contributed by atoms with E-state index in [1.54, 1.807) is 35.5 Å². The van der Waals surface area contributed by atoms with Crippen molar-refractivity contribution in [2.75, 3.05) is 45.3 Å². The maximum Gasteiger partial charge on any atom is 0.128 e. The van der Waals surface area contributed by atoms with Crippen molar-refractivity contribution in [2.24, 2.45) is 0 Å². The van der Waals surface area contributed by atoms with Gasteiger partial charge in [0.25, 0.3) is 0 Å². The summed E-state index contributed by atoms with van der Waals surface area (Å²) in [7, 11) is 8.12. The lowest BCUT2D eigenvalue weighted by molar-refractivity contribution is 0.273. The molecule has 0 spiro atoms. The van der Waals surface area contributed by atoms with E-state index >= 15 is 0 Å². The number of hydrogen-bond acceptors (Lipinski definition) is 10. The molecule has 0 heterocycles. The largest absolute Gasteiger partial charge is 0.497 e. The Kier molecular flexibility index (Phi) is 12.4. The van der Waals surface area contributed by atoms with Crippen LogP contribution in [0.3, 0.4) is 0 Å². The normalized spacial score (nSPS) is 10.8. The second-order valence-corrected chi connectivity index (χ2v) is 12.7. The molecule has 0 amide bonds. The number of methoxy groups -OCH3 is 5. The minimum absolute atomic E-state index is 0.0737. The lowest BCUT2D eigenvalue weighted by atomic mass is 9.92. The maximum atomic E-state index is 10.9.